The zero-order valence-corrected chi connectivity index (χ0v) is 12.7. The summed E-state index contributed by atoms with van der Waals surface area (Å²) in [6, 6.07) is 11.1. The number of hydrogen-bond acceptors (Lipinski definition) is 6. The van der Waals surface area contributed by atoms with Gasteiger partial charge in [-0.25, -0.2) is 0 Å². The molecule has 2 amide bonds. The molecule has 0 saturated carbocycles. The molecule has 0 aliphatic heterocycles. The van der Waals surface area contributed by atoms with Gasteiger partial charge < -0.3 is 10.6 Å². The highest BCUT2D eigenvalue weighted by atomic mass is 16.6. The van der Waals surface area contributed by atoms with Crippen molar-refractivity contribution in [3.63, 3.8) is 0 Å². The van der Waals surface area contributed by atoms with Crippen LogP contribution in [0.4, 0.5) is 17.1 Å². The van der Waals surface area contributed by atoms with E-state index < -0.39 is 39.6 Å². The second-order valence-corrected chi connectivity index (χ2v) is 4.85. The molecule has 2 aromatic carbocycles. The number of nitro groups is 2. The molecule has 0 aromatic heterocycles. The third-order valence-corrected chi connectivity index (χ3v) is 3.05. The number of carbonyl (C=O) groups excluding carboxylic acids is 2. The Balaban J connectivity index is 2.06. The topological polar surface area (TPSA) is 144 Å². The van der Waals surface area contributed by atoms with E-state index in [1.807, 2.05) is 0 Å². The van der Waals surface area contributed by atoms with E-state index in [1.54, 1.807) is 30.3 Å². The quantitative estimate of drug-likeness (QED) is 0.604. The number of benzene rings is 2. The van der Waals surface area contributed by atoms with Crippen LogP contribution < -0.4 is 10.6 Å². The SMILES string of the molecule is O=C(CNC(=O)c1cc([N+](=O)[O-])cc([N+](=O)[O-])c1)Nc1ccccc1. The molecule has 10 heteroatoms. The summed E-state index contributed by atoms with van der Waals surface area (Å²) >= 11 is 0. The van der Waals surface area contributed by atoms with Crippen LogP contribution in [-0.4, -0.2) is 28.2 Å². The van der Waals surface area contributed by atoms with Gasteiger partial charge in [0.25, 0.3) is 17.3 Å². The Morgan fingerprint density at radius 3 is 2.00 bits per heavy atom. The molecular formula is C15H12N4O6. The van der Waals surface area contributed by atoms with Crippen LogP contribution in [0.25, 0.3) is 0 Å². The van der Waals surface area contributed by atoms with E-state index in [0.717, 1.165) is 18.2 Å². The van der Waals surface area contributed by atoms with Gasteiger partial charge in [0.05, 0.1) is 28.0 Å². The third kappa shape index (κ3) is 4.82. The number of amides is 2. The minimum atomic E-state index is -0.841. The standard InChI is InChI=1S/C15H12N4O6/c20-14(17-11-4-2-1-3-5-11)9-16-15(21)10-6-12(18(22)23)8-13(7-10)19(24)25/h1-8H,9H2,(H,16,21)(H,17,20). The van der Waals surface area contributed by atoms with Crippen LogP contribution in [0, 0.1) is 20.2 Å². The van der Waals surface area contributed by atoms with Crippen molar-refractivity contribution in [1.29, 1.82) is 0 Å². The summed E-state index contributed by atoms with van der Waals surface area (Å²) in [5, 5.41) is 26.4. The lowest BCUT2D eigenvalue weighted by atomic mass is 10.1. The first-order valence-corrected chi connectivity index (χ1v) is 6.94. The minimum absolute atomic E-state index is 0.284. The average Bonchev–Trinajstić information content (AvgIpc) is 2.60. The molecule has 0 saturated heterocycles. The molecule has 0 atom stereocenters. The van der Waals surface area contributed by atoms with Gasteiger partial charge in [-0.1, -0.05) is 18.2 Å². The van der Waals surface area contributed by atoms with Gasteiger partial charge in [-0.15, -0.1) is 0 Å². The molecular weight excluding hydrogens is 332 g/mol. The number of hydrogen-bond donors (Lipinski definition) is 2. The molecule has 10 nitrogen and oxygen atoms in total. The van der Waals surface area contributed by atoms with E-state index >= 15 is 0 Å². The summed E-state index contributed by atoms with van der Waals surface area (Å²) in [4.78, 5) is 43.7. The van der Waals surface area contributed by atoms with Crippen molar-refractivity contribution in [1.82, 2.24) is 5.32 Å². The van der Waals surface area contributed by atoms with Crippen LogP contribution >= 0.6 is 0 Å². The van der Waals surface area contributed by atoms with E-state index in [1.165, 1.54) is 0 Å². The Kier molecular flexibility index (Phi) is 5.36. The molecule has 0 aliphatic rings. The molecule has 2 N–H and O–H groups in total. The number of non-ortho nitro benzene ring substituents is 2. The summed E-state index contributed by atoms with van der Waals surface area (Å²) in [6.07, 6.45) is 0. The summed E-state index contributed by atoms with van der Waals surface area (Å²) in [6.45, 7) is -0.399. The minimum Gasteiger partial charge on any atom is -0.343 e. The van der Waals surface area contributed by atoms with Crippen molar-refractivity contribution in [3.8, 4) is 0 Å². The van der Waals surface area contributed by atoms with Gasteiger partial charge in [0.15, 0.2) is 0 Å². The molecule has 0 aliphatic carbocycles. The smallest absolute Gasteiger partial charge is 0.277 e. The Bertz CT molecular complexity index is 805. The fourth-order valence-corrected chi connectivity index (χ4v) is 1.93. The number of nitrogens with one attached hydrogen (secondary N) is 2. The van der Waals surface area contributed by atoms with Crippen LogP contribution in [0.1, 0.15) is 10.4 Å². The number of carbonyl (C=O) groups is 2. The summed E-state index contributed by atoms with van der Waals surface area (Å²) in [5.41, 5.74) is -0.928. The molecule has 0 heterocycles. The van der Waals surface area contributed by atoms with Crippen molar-refractivity contribution in [2.75, 3.05) is 11.9 Å². The second kappa shape index (κ2) is 7.64. The molecule has 0 unspecified atom stereocenters. The number of nitrogens with zero attached hydrogens (tertiary/aromatic N) is 2. The average molecular weight is 344 g/mol. The molecule has 0 spiro atoms. The van der Waals surface area contributed by atoms with E-state index in [2.05, 4.69) is 10.6 Å². The summed E-state index contributed by atoms with van der Waals surface area (Å²) in [5.74, 6) is -1.35. The van der Waals surface area contributed by atoms with Crippen molar-refractivity contribution < 1.29 is 19.4 Å². The molecule has 0 radical (unpaired) electrons. The molecule has 128 valence electrons. The Morgan fingerprint density at radius 1 is 0.920 bits per heavy atom. The van der Waals surface area contributed by atoms with Crippen LogP contribution in [0.5, 0.6) is 0 Å². The zero-order chi connectivity index (χ0) is 18.4. The van der Waals surface area contributed by atoms with E-state index in [-0.39, 0.29) is 5.56 Å². The predicted octanol–water partition coefficient (Wildman–Crippen LogP) is 1.87. The first kappa shape index (κ1) is 17.5. The maximum absolute atomic E-state index is 12.0. The fourth-order valence-electron chi connectivity index (χ4n) is 1.93. The number of nitro benzene ring substituents is 2. The van der Waals surface area contributed by atoms with Crippen molar-refractivity contribution in [3.05, 3.63) is 74.3 Å². The van der Waals surface area contributed by atoms with E-state index in [4.69, 9.17) is 0 Å². The first-order valence-electron chi connectivity index (χ1n) is 6.94. The predicted molar refractivity (Wildman–Crippen MR) is 87.2 cm³/mol. The lowest BCUT2D eigenvalue weighted by Gasteiger charge is -2.07. The van der Waals surface area contributed by atoms with Gasteiger partial charge in [0, 0.05) is 17.8 Å². The monoisotopic (exact) mass is 344 g/mol. The van der Waals surface area contributed by atoms with Gasteiger partial charge in [0.2, 0.25) is 5.91 Å². The van der Waals surface area contributed by atoms with Gasteiger partial charge in [-0.3, -0.25) is 29.8 Å². The lowest BCUT2D eigenvalue weighted by molar-refractivity contribution is -0.394. The molecule has 25 heavy (non-hydrogen) atoms. The van der Waals surface area contributed by atoms with Crippen LogP contribution in [0.3, 0.4) is 0 Å². The third-order valence-electron chi connectivity index (χ3n) is 3.05. The normalized spacial score (nSPS) is 9.92. The molecule has 0 bridgehead atoms. The van der Waals surface area contributed by atoms with Crippen molar-refractivity contribution >= 4 is 28.9 Å². The number of rotatable bonds is 6. The van der Waals surface area contributed by atoms with Crippen LogP contribution in [0.15, 0.2) is 48.5 Å². The molecule has 2 aromatic rings. The Labute approximate surface area is 140 Å². The number of anilines is 1. The highest BCUT2D eigenvalue weighted by Gasteiger charge is 2.20. The first-order chi connectivity index (χ1) is 11.9. The van der Waals surface area contributed by atoms with E-state index in [9.17, 15) is 29.8 Å². The Morgan fingerprint density at radius 2 is 1.48 bits per heavy atom. The Hall–Kier alpha value is -3.82. The fraction of sp³-hybridized carbons (Fsp3) is 0.0667. The van der Waals surface area contributed by atoms with Gasteiger partial charge in [-0.2, -0.15) is 0 Å². The largest absolute Gasteiger partial charge is 0.343 e. The highest BCUT2D eigenvalue weighted by molar-refractivity contribution is 6.00. The summed E-state index contributed by atoms with van der Waals surface area (Å²) in [7, 11) is 0. The van der Waals surface area contributed by atoms with Crippen LogP contribution in [0.2, 0.25) is 0 Å². The lowest BCUT2D eigenvalue weighted by Crippen LogP contribution is -2.32. The molecule has 2 rings (SSSR count). The van der Waals surface area contributed by atoms with E-state index in [0.29, 0.717) is 5.69 Å². The number of para-hydroxylation sites is 1. The van der Waals surface area contributed by atoms with Crippen molar-refractivity contribution in [2.24, 2.45) is 0 Å². The maximum atomic E-state index is 12.0. The highest BCUT2D eigenvalue weighted by Crippen LogP contribution is 2.22. The van der Waals surface area contributed by atoms with Gasteiger partial charge in [-0.05, 0) is 12.1 Å². The second-order valence-electron chi connectivity index (χ2n) is 4.85. The molecule has 0 fully saturated rings. The van der Waals surface area contributed by atoms with Gasteiger partial charge in [0.1, 0.15) is 0 Å². The zero-order valence-electron chi connectivity index (χ0n) is 12.7. The van der Waals surface area contributed by atoms with Crippen LogP contribution in [-0.2, 0) is 4.79 Å². The summed E-state index contributed by atoms with van der Waals surface area (Å²) < 4.78 is 0. The van der Waals surface area contributed by atoms with Crippen molar-refractivity contribution in [2.45, 2.75) is 0 Å². The van der Waals surface area contributed by atoms with Gasteiger partial charge >= 0.3 is 0 Å². The maximum Gasteiger partial charge on any atom is 0.277 e.